The van der Waals surface area contributed by atoms with E-state index in [0.717, 1.165) is 5.92 Å². The van der Waals surface area contributed by atoms with Crippen LogP contribution in [0.2, 0.25) is 0 Å². The largest absolute Gasteiger partial charge is 0.314 e. The van der Waals surface area contributed by atoms with Crippen molar-refractivity contribution in [1.82, 2.24) is 10.2 Å². The van der Waals surface area contributed by atoms with Crippen LogP contribution in [0.4, 0.5) is 0 Å². The smallest absolute Gasteiger partial charge is 0.0107 e. The van der Waals surface area contributed by atoms with Gasteiger partial charge in [-0.25, -0.2) is 0 Å². The Morgan fingerprint density at radius 1 is 1.36 bits per heavy atom. The molecule has 0 amide bonds. The van der Waals surface area contributed by atoms with Gasteiger partial charge in [-0.05, 0) is 5.92 Å². The summed E-state index contributed by atoms with van der Waals surface area (Å²) in [5, 5.41) is 3.36. The van der Waals surface area contributed by atoms with Crippen molar-refractivity contribution < 1.29 is 0 Å². The molecule has 0 aliphatic carbocycles. The topological polar surface area (TPSA) is 15.3 Å². The zero-order chi connectivity index (χ0) is 8.10. The summed E-state index contributed by atoms with van der Waals surface area (Å²) in [6, 6.07) is 0. The van der Waals surface area contributed by atoms with E-state index in [-0.39, 0.29) is 0 Å². The SMILES string of the molecule is CCC(C)CN1CCNCC1. The van der Waals surface area contributed by atoms with E-state index < -0.39 is 0 Å². The first-order valence-corrected chi connectivity index (χ1v) is 4.76. The second-order valence-electron chi connectivity index (χ2n) is 3.56. The van der Waals surface area contributed by atoms with Crippen molar-refractivity contribution in [1.29, 1.82) is 0 Å². The highest BCUT2D eigenvalue weighted by Gasteiger charge is 2.11. The molecule has 0 radical (unpaired) electrons. The second-order valence-corrected chi connectivity index (χ2v) is 3.56. The summed E-state index contributed by atoms with van der Waals surface area (Å²) in [5.74, 6) is 0.869. The first kappa shape index (κ1) is 9.01. The van der Waals surface area contributed by atoms with Crippen LogP contribution in [0.25, 0.3) is 0 Å². The predicted octanol–water partition coefficient (Wildman–Crippen LogP) is 0.938. The van der Waals surface area contributed by atoms with E-state index in [2.05, 4.69) is 24.1 Å². The standard InChI is InChI=1S/C9H20N2/c1-3-9(2)8-11-6-4-10-5-7-11/h9-10H,3-8H2,1-2H3. The quantitative estimate of drug-likeness (QED) is 0.654. The molecule has 0 spiro atoms. The molecule has 0 aromatic rings. The third-order valence-corrected chi connectivity index (χ3v) is 2.48. The van der Waals surface area contributed by atoms with Crippen molar-refractivity contribution in [2.75, 3.05) is 32.7 Å². The van der Waals surface area contributed by atoms with Gasteiger partial charge in [0, 0.05) is 32.7 Å². The molecule has 1 fully saturated rings. The number of hydrogen-bond donors (Lipinski definition) is 1. The molecule has 1 rings (SSSR count). The minimum Gasteiger partial charge on any atom is -0.314 e. The molecule has 0 bridgehead atoms. The Balaban J connectivity index is 2.13. The van der Waals surface area contributed by atoms with Crippen molar-refractivity contribution in [3.8, 4) is 0 Å². The van der Waals surface area contributed by atoms with Crippen LogP contribution in [0, 0.1) is 5.92 Å². The van der Waals surface area contributed by atoms with Crippen LogP contribution in [-0.4, -0.2) is 37.6 Å². The van der Waals surface area contributed by atoms with E-state index in [1.807, 2.05) is 0 Å². The second kappa shape index (κ2) is 4.73. The van der Waals surface area contributed by atoms with Crippen molar-refractivity contribution in [2.24, 2.45) is 5.92 Å². The highest BCUT2D eigenvalue weighted by molar-refractivity contribution is 4.69. The van der Waals surface area contributed by atoms with Crippen LogP contribution in [0.5, 0.6) is 0 Å². The number of nitrogens with zero attached hydrogens (tertiary/aromatic N) is 1. The van der Waals surface area contributed by atoms with Gasteiger partial charge in [0.05, 0.1) is 0 Å². The normalized spacial score (nSPS) is 23.5. The lowest BCUT2D eigenvalue weighted by Gasteiger charge is -2.29. The number of nitrogens with one attached hydrogen (secondary N) is 1. The Morgan fingerprint density at radius 2 is 2.00 bits per heavy atom. The molecule has 0 aromatic heterocycles. The third-order valence-electron chi connectivity index (χ3n) is 2.48. The van der Waals surface area contributed by atoms with Crippen molar-refractivity contribution >= 4 is 0 Å². The summed E-state index contributed by atoms with van der Waals surface area (Å²) < 4.78 is 0. The number of hydrogen-bond acceptors (Lipinski definition) is 2. The average Bonchev–Trinajstić information content (AvgIpc) is 2.06. The highest BCUT2D eigenvalue weighted by Crippen LogP contribution is 2.04. The minimum absolute atomic E-state index is 0.869. The van der Waals surface area contributed by atoms with Gasteiger partial charge in [0.2, 0.25) is 0 Å². The maximum absolute atomic E-state index is 3.36. The van der Waals surface area contributed by atoms with Gasteiger partial charge in [-0.3, -0.25) is 0 Å². The summed E-state index contributed by atoms with van der Waals surface area (Å²) in [5.41, 5.74) is 0. The first-order chi connectivity index (χ1) is 5.33. The van der Waals surface area contributed by atoms with Crippen LogP contribution < -0.4 is 5.32 Å². The zero-order valence-corrected chi connectivity index (χ0v) is 7.77. The Bertz CT molecular complexity index is 97.7. The predicted molar refractivity (Wildman–Crippen MR) is 48.8 cm³/mol. The monoisotopic (exact) mass is 156 g/mol. The van der Waals surface area contributed by atoms with Crippen LogP contribution >= 0.6 is 0 Å². The molecule has 1 aliphatic heterocycles. The lowest BCUT2D eigenvalue weighted by molar-refractivity contribution is 0.209. The lowest BCUT2D eigenvalue weighted by Crippen LogP contribution is -2.44. The molecule has 0 saturated carbocycles. The van der Waals surface area contributed by atoms with Gasteiger partial charge in [-0.15, -0.1) is 0 Å². The van der Waals surface area contributed by atoms with Gasteiger partial charge in [0.1, 0.15) is 0 Å². The molecule has 2 heteroatoms. The Labute approximate surface area is 70.0 Å². The number of piperazine rings is 1. The summed E-state index contributed by atoms with van der Waals surface area (Å²) >= 11 is 0. The van der Waals surface area contributed by atoms with Crippen molar-refractivity contribution in [3.63, 3.8) is 0 Å². The molecule has 2 nitrogen and oxygen atoms in total. The van der Waals surface area contributed by atoms with Crippen LogP contribution in [-0.2, 0) is 0 Å². The van der Waals surface area contributed by atoms with Crippen molar-refractivity contribution in [2.45, 2.75) is 20.3 Å². The van der Waals surface area contributed by atoms with Crippen LogP contribution in [0.3, 0.4) is 0 Å². The van der Waals surface area contributed by atoms with Gasteiger partial charge >= 0.3 is 0 Å². The molecule has 0 aromatic carbocycles. The first-order valence-electron chi connectivity index (χ1n) is 4.76. The maximum Gasteiger partial charge on any atom is 0.0107 e. The van der Waals surface area contributed by atoms with Crippen LogP contribution in [0.1, 0.15) is 20.3 Å². The summed E-state index contributed by atoms with van der Waals surface area (Å²) in [4.78, 5) is 2.56. The molecule has 1 atom stereocenters. The molecule has 1 N–H and O–H groups in total. The lowest BCUT2D eigenvalue weighted by atomic mass is 10.1. The van der Waals surface area contributed by atoms with Gasteiger partial charge in [-0.1, -0.05) is 20.3 Å². The van der Waals surface area contributed by atoms with E-state index >= 15 is 0 Å². The van der Waals surface area contributed by atoms with Gasteiger partial charge in [-0.2, -0.15) is 0 Å². The summed E-state index contributed by atoms with van der Waals surface area (Å²) in [6.07, 6.45) is 1.31. The molecule has 11 heavy (non-hydrogen) atoms. The van der Waals surface area contributed by atoms with E-state index in [4.69, 9.17) is 0 Å². The average molecular weight is 156 g/mol. The molecular weight excluding hydrogens is 136 g/mol. The minimum atomic E-state index is 0.869. The summed E-state index contributed by atoms with van der Waals surface area (Å²) in [6.45, 7) is 10.7. The van der Waals surface area contributed by atoms with Gasteiger partial charge < -0.3 is 10.2 Å². The van der Waals surface area contributed by atoms with E-state index in [1.54, 1.807) is 0 Å². The number of rotatable bonds is 3. The molecular formula is C9H20N2. The fourth-order valence-corrected chi connectivity index (χ4v) is 1.46. The maximum atomic E-state index is 3.36. The molecule has 1 saturated heterocycles. The molecule has 1 aliphatic rings. The Morgan fingerprint density at radius 3 is 2.55 bits per heavy atom. The highest BCUT2D eigenvalue weighted by atomic mass is 15.2. The van der Waals surface area contributed by atoms with Crippen LogP contribution in [0.15, 0.2) is 0 Å². The summed E-state index contributed by atoms with van der Waals surface area (Å²) in [7, 11) is 0. The zero-order valence-electron chi connectivity index (χ0n) is 7.77. The van der Waals surface area contributed by atoms with Crippen molar-refractivity contribution in [3.05, 3.63) is 0 Å². The van der Waals surface area contributed by atoms with E-state index in [0.29, 0.717) is 0 Å². The van der Waals surface area contributed by atoms with Gasteiger partial charge in [0.25, 0.3) is 0 Å². The van der Waals surface area contributed by atoms with E-state index in [9.17, 15) is 0 Å². The Kier molecular flexibility index (Phi) is 3.87. The molecule has 1 unspecified atom stereocenters. The fourth-order valence-electron chi connectivity index (χ4n) is 1.46. The molecule has 1 heterocycles. The van der Waals surface area contributed by atoms with E-state index in [1.165, 1.54) is 39.1 Å². The van der Waals surface area contributed by atoms with Gasteiger partial charge in [0.15, 0.2) is 0 Å². The molecule has 66 valence electrons. The fraction of sp³-hybridized carbons (Fsp3) is 1.00. The Hall–Kier alpha value is -0.0800. The third kappa shape index (κ3) is 3.21.